The van der Waals surface area contributed by atoms with Crippen molar-refractivity contribution in [2.75, 3.05) is 7.05 Å². The molecule has 0 bridgehead atoms. The summed E-state index contributed by atoms with van der Waals surface area (Å²) >= 11 is 0. The lowest BCUT2D eigenvalue weighted by Gasteiger charge is -2.18. The fourth-order valence-corrected chi connectivity index (χ4v) is 2.11. The van der Waals surface area contributed by atoms with Gasteiger partial charge in [-0.25, -0.2) is 0 Å². The van der Waals surface area contributed by atoms with Gasteiger partial charge in [0.2, 0.25) is 0 Å². The van der Waals surface area contributed by atoms with Gasteiger partial charge in [0, 0.05) is 12.4 Å². The third-order valence-electron chi connectivity index (χ3n) is 2.87. The first kappa shape index (κ1) is 13.6. The third-order valence-corrected chi connectivity index (χ3v) is 2.87. The molecule has 0 spiro atoms. The third kappa shape index (κ3) is 3.55. The molecule has 0 fully saturated rings. The van der Waals surface area contributed by atoms with Crippen LogP contribution in [0.5, 0.6) is 5.75 Å². The molecule has 2 rings (SSSR count). The minimum absolute atomic E-state index is 0.129. The molecule has 1 aromatic carbocycles. The molecule has 0 aliphatic carbocycles. The first-order chi connectivity index (χ1) is 9.20. The van der Waals surface area contributed by atoms with E-state index in [9.17, 15) is 0 Å². The van der Waals surface area contributed by atoms with E-state index in [2.05, 4.69) is 28.5 Å². The van der Waals surface area contributed by atoms with E-state index < -0.39 is 0 Å². The van der Waals surface area contributed by atoms with Gasteiger partial charge in [0.25, 0.3) is 0 Å². The van der Waals surface area contributed by atoms with Crippen LogP contribution in [-0.4, -0.2) is 18.1 Å². The van der Waals surface area contributed by atoms with Gasteiger partial charge < -0.3 is 10.1 Å². The Kier molecular flexibility index (Phi) is 4.53. The molecule has 1 unspecified atom stereocenters. The smallest absolute Gasteiger partial charge is 0.120 e. The molecule has 1 heterocycles. The summed E-state index contributed by atoms with van der Waals surface area (Å²) in [6, 6.07) is 12.3. The number of pyridine rings is 1. The van der Waals surface area contributed by atoms with Crippen molar-refractivity contribution >= 4 is 0 Å². The van der Waals surface area contributed by atoms with Gasteiger partial charge in [-0.1, -0.05) is 18.2 Å². The van der Waals surface area contributed by atoms with Crippen LogP contribution in [-0.2, 0) is 0 Å². The molecular formula is C16H20N2O. The van der Waals surface area contributed by atoms with Crippen LogP contribution >= 0.6 is 0 Å². The highest BCUT2D eigenvalue weighted by atomic mass is 16.5. The molecule has 0 aliphatic heterocycles. The van der Waals surface area contributed by atoms with Gasteiger partial charge in [-0.05, 0) is 50.2 Å². The minimum atomic E-state index is 0.129. The Bertz CT molecular complexity index is 511. The van der Waals surface area contributed by atoms with Crippen LogP contribution in [0.3, 0.4) is 0 Å². The number of aromatic nitrogens is 1. The van der Waals surface area contributed by atoms with Gasteiger partial charge in [0.05, 0.1) is 12.1 Å². The monoisotopic (exact) mass is 256 g/mol. The summed E-state index contributed by atoms with van der Waals surface area (Å²) in [5.74, 6) is 0.900. The predicted octanol–water partition coefficient (Wildman–Crippen LogP) is 3.18. The Balaban J connectivity index is 2.28. The molecule has 1 N–H and O–H groups in total. The second-order valence-electron chi connectivity index (χ2n) is 4.75. The van der Waals surface area contributed by atoms with Gasteiger partial charge in [0.15, 0.2) is 0 Å². The Hall–Kier alpha value is -1.87. The van der Waals surface area contributed by atoms with Crippen LogP contribution in [0.25, 0.3) is 0 Å². The summed E-state index contributed by atoms with van der Waals surface area (Å²) in [5, 5.41) is 3.32. The molecule has 0 saturated carbocycles. The fourth-order valence-electron chi connectivity index (χ4n) is 2.11. The number of benzene rings is 1. The zero-order valence-electron chi connectivity index (χ0n) is 11.6. The molecule has 0 amide bonds. The van der Waals surface area contributed by atoms with Crippen molar-refractivity contribution in [2.24, 2.45) is 0 Å². The van der Waals surface area contributed by atoms with Crippen LogP contribution in [0.1, 0.15) is 31.0 Å². The van der Waals surface area contributed by atoms with Crippen molar-refractivity contribution in [3.8, 4) is 5.75 Å². The maximum Gasteiger partial charge on any atom is 0.120 e. The molecule has 100 valence electrons. The van der Waals surface area contributed by atoms with E-state index in [-0.39, 0.29) is 12.1 Å². The van der Waals surface area contributed by atoms with Crippen molar-refractivity contribution in [1.29, 1.82) is 0 Å². The molecule has 2 aromatic rings. The molecule has 1 aromatic heterocycles. The van der Waals surface area contributed by atoms with Crippen LogP contribution in [0, 0.1) is 0 Å². The maximum atomic E-state index is 5.74. The lowest BCUT2D eigenvalue weighted by molar-refractivity contribution is 0.242. The van der Waals surface area contributed by atoms with Crippen LogP contribution in [0.2, 0.25) is 0 Å². The number of rotatable bonds is 5. The minimum Gasteiger partial charge on any atom is -0.491 e. The Morgan fingerprint density at radius 1 is 1.11 bits per heavy atom. The average molecular weight is 256 g/mol. The van der Waals surface area contributed by atoms with E-state index in [4.69, 9.17) is 4.74 Å². The van der Waals surface area contributed by atoms with Gasteiger partial charge in [0.1, 0.15) is 5.75 Å². The molecule has 0 aliphatic rings. The summed E-state index contributed by atoms with van der Waals surface area (Å²) in [6.45, 7) is 4.06. The van der Waals surface area contributed by atoms with Gasteiger partial charge in [-0.15, -0.1) is 0 Å². The lowest BCUT2D eigenvalue weighted by atomic mass is 10.0. The predicted molar refractivity (Wildman–Crippen MR) is 77.3 cm³/mol. The Morgan fingerprint density at radius 2 is 1.89 bits per heavy atom. The van der Waals surface area contributed by atoms with E-state index in [1.165, 1.54) is 5.56 Å². The molecule has 1 atom stereocenters. The standard InChI is InChI=1S/C16H20N2O/c1-12(2)19-15-8-4-6-13(10-15)16(17-3)14-7-5-9-18-11-14/h4-12,16-17H,1-3H3. The number of ether oxygens (including phenoxy) is 1. The van der Waals surface area contributed by atoms with Crippen molar-refractivity contribution in [3.05, 3.63) is 59.9 Å². The Labute approximate surface area is 114 Å². The second kappa shape index (κ2) is 6.34. The van der Waals surface area contributed by atoms with E-state index in [0.29, 0.717) is 0 Å². The summed E-state index contributed by atoms with van der Waals surface area (Å²) < 4.78 is 5.74. The summed E-state index contributed by atoms with van der Waals surface area (Å²) in [6.07, 6.45) is 3.85. The Morgan fingerprint density at radius 3 is 2.53 bits per heavy atom. The van der Waals surface area contributed by atoms with Crippen molar-refractivity contribution in [3.63, 3.8) is 0 Å². The van der Waals surface area contributed by atoms with Gasteiger partial charge in [-0.3, -0.25) is 4.98 Å². The number of hydrogen-bond acceptors (Lipinski definition) is 3. The van der Waals surface area contributed by atoms with Crippen molar-refractivity contribution < 1.29 is 4.74 Å². The SMILES string of the molecule is CNC(c1cccnc1)c1cccc(OC(C)C)c1. The van der Waals surface area contributed by atoms with Crippen LogP contribution in [0.4, 0.5) is 0 Å². The molecule has 3 nitrogen and oxygen atoms in total. The van der Waals surface area contributed by atoms with Crippen molar-refractivity contribution in [1.82, 2.24) is 10.3 Å². The van der Waals surface area contributed by atoms with E-state index >= 15 is 0 Å². The van der Waals surface area contributed by atoms with Gasteiger partial charge in [-0.2, -0.15) is 0 Å². The maximum absolute atomic E-state index is 5.74. The summed E-state index contributed by atoms with van der Waals surface area (Å²) in [5.41, 5.74) is 2.32. The number of nitrogens with zero attached hydrogens (tertiary/aromatic N) is 1. The highest BCUT2D eigenvalue weighted by molar-refractivity contribution is 5.35. The number of nitrogens with one attached hydrogen (secondary N) is 1. The zero-order valence-corrected chi connectivity index (χ0v) is 11.6. The van der Waals surface area contributed by atoms with Crippen LogP contribution in [0.15, 0.2) is 48.8 Å². The lowest BCUT2D eigenvalue weighted by Crippen LogP contribution is -2.18. The highest BCUT2D eigenvalue weighted by Crippen LogP contribution is 2.24. The average Bonchev–Trinajstić information content (AvgIpc) is 2.40. The van der Waals surface area contributed by atoms with E-state index in [1.54, 1.807) is 6.20 Å². The first-order valence-electron chi connectivity index (χ1n) is 6.54. The van der Waals surface area contributed by atoms with Crippen molar-refractivity contribution in [2.45, 2.75) is 26.0 Å². The molecule has 19 heavy (non-hydrogen) atoms. The quantitative estimate of drug-likeness (QED) is 0.892. The molecule has 0 radical (unpaired) electrons. The van der Waals surface area contributed by atoms with Gasteiger partial charge >= 0.3 is 0 Å². The summed E-state index contributed by atoms with van der Waals surface area (Å²) in [7, 11) is 1.95. The molecular weight excluding hydrogens is 236 g/mol. The normalized spacial score (nSPS) is 12.4. The first-order valence-corrected chi connectivity index (χ1v) is 6.54. The summed E-state index contributed by atoms with van der Waals surface area (Å²) in [4.78, 5) is 4.18. The van der Waals surface area contributed by atoms with E-state index in [1.807, 2.05) is 45.3 Å². The fraction of sp³-hybridized carbons (Fsp3) is 0.312. The van der Waals surface area contributed by atoms with Crippen LogP contribution < -0.4 is 10.1 Å². The zero-order chi connectivity index (χ0) is 13.7. The number of hydrogen-bond donors (Lipinski definition) is 1. The topological polar surface area (TPSA) is 34.2 Å². The molecule has 3 heteroatoms. The largest absolute Gasteiger partial charge is 0.491 e. The van der Waals surface area contributed by atoms with E-state index in [0.717, 1.165) is 11.3 Å². The molecule has 0 saturated heterocycles. The second-order valence-corrected chi connectivity index (χ2v) is 4.75. The highest BCUT2D eigenvalue weighted by Gasteiger charge is 2.12.